The molecule has 2 aromatic rings. The quantitative estimate of drug-likeness (QED) is 0.326. The van der Waals surface area contributed by atoms with Crippen molar-refractivity contribution in [2.75, 3.05) is 49.0 Å². The number of rotatable bonds is 9. The van der Waals surface area contributed by atoms with Gasteiger partial charge in [0.2, 0.25) is 16.0 Å². The molecule has 0 atom stereocenters. The first-order valence-electron chi connectivity index (χ1n) is 8.03. The summed E-state index contributed by atoms with van der Waals surface area (Å²) in [7, 11) is -4.03. The summed E-state index contributed by atoms with van der Waals surface area (Å²) in [5.41, 5.74) is 0.406. The zero-order valence-electron chi connectivity index (χ0n) is 15.5. The molecule has 1 heterocycles. The van der Waals surface area contributed by atoms with Crippen LogP contribution in [0.1, 0.15) is 0 Å². The lowest BCUT2D eigenvalue weighted by Gasteiger charge is -2.16. The molecule has 0 fully saturated rings. The molecule has 0 bridgehead atoms. The Balaban J connectivity index is 2.21. The van der Waals surface area contributed by atoms with Gasteiger partial charge in [0.1, 0.15) is 11.6 Å². The molecule has 11 nitrogen and oxygen atoms in total. The average molecular weight is 431 g/mol. The van der Waals surface area contributed by atoms with Crippen LogP contribution in [0.3, 0.4) is 0 Å². The van der Waals surface area contributed by atoms with E-state index in [1.165, 1.54) is 18.2 Å². The minimum absolute atomic E-state index is 0.160. The van der Waals surface area contributed by atoms with Crippen molar-refractivity contribution in [3.8, 4) is 0 Å². The van der Waals surface area contributed by atoms with Crippen LogP contribution in [0.25, 0.3) is 0 Å². The SMILES string of the molecule is CN(C)c1cc(Nc2cccc(S(=O)(=O)O)c2)nc(NCCNS(C)(=O)=O)n1. The van der Waals surface area contributed by atoms with Gasteiger partial charge in [0.25, 0.3) is 10.1 Å². The first-order chi connectivity index (χ1) is 12.9. The Kier molecular flexibility index (Phi) is 6.77. The van der Waals surface area contributed by atoms with Crippen LogP contribution in [-0.2, 0) is 20.1 Å². The molecule has 4 N–H and O–H groups in total. The first-order valence-corrected chi connectivity index (χ1v) is 11.4. The highest BCUT2D eigenvalue weighted by Gasteiger charge is 2.11. The van der Waals surface area contributed by atoms with Crippen molar-refractivity contribution >= 4 is 43.4 Å². The molecule has 0 spiro atoms. The van der Waals surface area contributed by atoms with Crippen LogP contribution in [0.5, 0.6) is 0 Å². The second kappa shape index (κ2) is 8.68. The van der Waals surface area contributed by atoms with Crippen LogP contribution in [0.4, 0.5) is 23.3 Å². The summed E-state index contributed by atoms with van der Waals surface area (Å²) in [6, 6.07) is 7.30. The normalized spacial score (nSPS) is 11.9. The van der Waals surface area contributed by atoms with E-state index >= 15 is 0 Å². The minimum atomic E-state index is -4.32. The number of aromatic nitrogens is 2. The molecular weight excluding hydrogens is 408 g/mol. The van der Waals surface area contributed by atoms with Gasteiger partial charge in [-0.1, -0.05) is 6.07 Å². The highest BCUT2D eigenvalue weighted by Crippen LogP contribution is 2.22. The summed E-state index contributed by atoms with van der Waals surface area (Å²) in [5.74, 6) is 1.21. The number of benzene rings is 1. The van der Waals surface area contributed by atoms with E-state index in [0.717, 1.165) is 6.26 Å². The lowest BCUT2D eigenvalue weighted by Crippen LogP contribution is -2.28. The Bertz CT molecular complexity index is 1040. The van der Waals surface area contributed by atoms with Crippen LogP contribution in [-0.4, -0.2) is 64.8 Å². The van der Waals surface area contributed by atoms with Gasteiger partial charge in [-0.3, -0.25) is 4.55 Å². The summed E-state index contributed by atoms with van der Waals surface area (Å²) >= 11 is 0. The molecule has 1 aromatic carbocycles. The van der Waals surface area contributed by atoms with Crippen molar-refractivity contribution < 1.29 is 21.4 Å². The van der Waals surface area contributed by atoms with Crippen LogP contribution in [0.2, 0.25) is 0 Å². The van der Waals surface area contributed by atoms with Crippen LogP contribution in [0.15, 0.2) is 35.2 Å². The van der Waals surface area contributed by atoms with Crippen molar-refractivity contribution in [3.05, 3.63) is 30.3 Å². The van der Waals surface area contributed by atoms with Gasteiger partial charge in [-0.05, 0) is 18.2 Å². The number of sulfonamides is 1. The molecular formula is C15H22N6O5S2. The van der Waals surface area contributed by atoms with E-state index in [1.54, 1.807) is 31.1 Å². The highest BCUT2D eigenvalue weighted by atomic mass is 32.2. The predicted octanol–water partition coefficient (Wildman–Crippen LogP) is 0.494. The number of nitrogens with one attached hydrogen (secondary N) is 3. The van der Waals surface area contributed by atoms with Crippen molar-refractivity contribution in [2.45, 2.75) is 4.90 Å². The van der Waals surface area contributed by atoms with Gasteiger partial charge in [0.15, 0.2) is 0 Å². The lowest BCUT2D eigenvalue weighted by atomic mass is 10.3. The second-order valence-corrected chi connectivity index (χ2v) is 9.31. The molecule has 0 amide bonds. The monoisotopic (exact) mass is 430 g/mol. The maximum atomic E-state index is 11.3. The molecule has 0 aliphatic heterocycles. The van der Waals surface area contributed by atoms with Crippen LogP contribution < -0.4 is 20.3 Å². The summed E-state index contributed by atoms with van der Waals surface area (Å²) in [6.45, 7) is 0.426. The number of nitrogens with zero attached hydrogens (tertiary/aromatic N) is 3. The van der Waals surface area contributed by atoms with Gasteiger partial charge in [0, 0.05) is 38.9 Å². The van der Waals surface area contributed by atoms with Gasteiger partial charge in [-0.15, -0.1) is 0 Å². The lowest BCUT2D eigenvalue weighted by molar-refractivity contribution is 0.483. The van der Waals surface area contributed by atoms with E-state index in [2.05, 4.69) is 25.3 Å². The average Bonchev–Trinajstić information content (AvgIpc) is 2.57. The smallest absolute Gasteiger partial charge is 0.294 e. The highest BCUT2D eigenvalue weighted by molar-refractivity contribution is 7.88. The fourth-order valence-corrected chi connectivity index (χ4v) is 3.10. The molecule has 0 saturated heterocycles. The van der Waals surface area contributed by atoms with Crippen molar-refractivity contribution in [3.63, 3.8) is 0 Å². The van der Waals surface area contributed by atoms with E-state index < -0.39 is 20.1 Å². The third kappa shape index (κ3) is 6.92. The minimum Gasteiger partial charge on any atom is -0.363 e. The largest absolute Gasteiger partial charge is 0.363 e. The topological polar surface area (TPSA) is 154 Å². The Morgan fingerprint density at radius 2 is 1.79 bits per heavy atom. The fraction of sp³-hybridized carbons (Fsp3) is 0.333. The zero-order chi connectivity index (χ0) is 20.9. The van der Waals surface area contributed by atoms with E-state index in [0.29, 0.717) is 17.3 Å². The molecule has 28 heavy (non-hydrogen) atoms. The predicted molar refractivity (Wildman–Crippen MR) is 107 cm³/mol. The Morgan fingerprint density at radius 1 is 1.07 bits per heavy atom. The number of hydrogen-bond acceptors (Lipinski definition) is 9. The second-order valence-electron chi connectivity index (χ2n) is 6.05. The Hall–Kier alpha value is -2.48. The van der Waals surface area contributed by atoms with E-state index in [1.807, 2.05) is 0 Å². The van der Waals surface area contributed by atoms with E-state index in [-0.39, 0.29) is 23.9 Å². The van der Waals surface area contributed by atoms with Crippen molar-refractivity contribution in [2.24, 2.45) is 0 Å². The number of hydrogen-bond donors (Lipinski definition) is 4. The van der Waals surface area contributed by atoms with Crippen LogP contribution in [0, 0.1) is 0 Å². The standard InChI is InChI=1S/C15H22N6O5S2/c1-21(2)14-10-13(18-11-5-4-6-12(9-11)28(24,25)26)19-15(20-14)16-7-8-17-27(3,22)23/h4-6,9-10,17H,7-8H2,1-3H3,(H,24,25,26)(H2,16,18,19,20). The molecule has 0 saturated carbocycles. The van der Waals surface area contributed by atoms with Gasteiger partial charge in [-0.2, -0.15) is 18.4 Å². The summed E-state index contributed by atoms with van der Waals surface area (Å²) in [6.07, 6.45) is 1.07. The first kappa shape index (κ1) is 21.8. The van der Waals surface area contributed by atoms with Gasteiger partial charge >= 0.3 is 0 Å². The maximum absolute atomic E-state index is 11.3. The van der Waals surface area contributed by atoms with E-state index in [9.17, 15) is 21.4 Å². The summed E-state index contributed by atoms with van der Waals surface area (Å²) in [5, 5.41) is 5.88. The zero-order valence-corrected chi connectivity index (χ0v) is 17.2. The van der Waals surface area contributed by atoms with Crippen LogP contribution >= 0.6 is 0 Å². The molecule has 154 valence electrons. The summed E-state index contributed by atoms with van der Waals surface area (Å²) < 4.78 is 56.3. The van der Waals surface area contributed by atoms with E-state index in [4.69, 9.17) is 0 Å². The number of anilines is 4. The Labute approximate surface area is 164 Å². The molecule has 0 unspecified atom stereocenters. The molecule has 1 aromatic heterocycles. The van der Waals surface area contributed by atoms with Crippen molar-refractivity contribution in [1.82, 2.24) is 14.7 Å². The molecule has 0 aliphatic rings. The maximum Gasteiger partial charge on any atom is 0.294 e. The molecule has 13 heteroatoms. The molecule has 2 rings (SSSR count). The summed E-state index contributed by atoms with van der Waals surface area (Å²) in [4.78, 5) is 10.1. The molecule has 0 aliphatic carbocycles. The third-order valence-corrected chi connectivity index (χ3v) is 4.93. The van der Waals surface area contributed by atoms with Crippen molar-refractivity contribution in [1.29, 1.82) is 0 Å². The Morgan fingerprint density at radius 3 is 2.39 bits per heavy atom. The third-order valence-electron chi connectivity index (χ3n) is 3.35. The van der Waals surface area contributed by atoms with Gasteiger partial charge < -0.3 is 15.5 Å². The fourth-order valence-electron chi connectivity index (χ4n) is 2.10. The van der Waals surface area contributed by atoms with Gasteiger partial charge in [-0.25, -0.2) is 13.1 Å². The molecule has 0 radical (unpaired) electrons. The van der Waals surface area contributed by atoms with Gasteiger partial charge in [0.05, 0.1) is 11.2 Å².